The Balaban J connectivity index is 2.41. The van der Waals surface area contributed by atoms with Gasteiger partial charge in [0.05, 0.1) is 12.8 Å². The Morgan fingerprint density at radius 3 is 2.78 bits per heavy atom. The summed E-state index contributed by atoms with van der Waals surface area (Å²) in [6.45, 7) is 2.52. The van der Waals surface area contributed by atoms with E-state index in [1.54, 1.807) is 23.3 Å². The normalized spacial score (nSPS) is 10.8. The van der Waals surface area contributed by atoms with Crippen molar-refractivity contribution in [2.24, 2.45) is 7.05 Å². The van der Waals surface area contributed by atoms with Gasteiger partial charge >= 0.3 is 5.69 Å². The molecule has 0 aliphatic heterocycles. The van der Waals surface area contributed by atoms with Crippen molar-refractivity contribution in [3.63, 3.8) is 0 Å². The maximum Gasteiger partial charge on any atom is 0.332 e. The highest BCUT2D eigenvalue weighted by atomic mass is 16.6. The molecule has 0 saturated heterocycles. The zero-order valence-corrected chi connectivity index (χ0v) is 10.8. The molecule has 0 radical (unpaired) electrons. The molecule has 5 nitrogen and oxygen atoms in total. The van der Waals surface area contributed by atoms with E-state index in [0.29, 0.717) is 6.54 Å². The quantitative estimate of drug-likeness (QED) is 0.824. The van der Waals surface area contributed by atoms with Gasteiger partial charge in [-0.25, -0.2) is 4.79 Å². The van der Waals surface area contributed by atoms with Gasteiger partial charge in [0.1, 0.15) is 0 Å². The van der Waals surface area contributed by atoms with Gasteiger partial charge in [-0.15, -0.1) is 0 Å². The van der Waals surface area contributed by atoms with Crippen molar-refractivity contribution < 1.29 is 4.84 Å². The highest BCUT2D eigenvalue weighted by molar-refractivity contribution is 5.37. The van der Waals surface area contributed by atoms with Gasteiger partial charge in [0.2, 0.25) is 0 Å². The van der Waals surface area contributed by atoms with Gasteiger partial charge < -0.3 is 9.40 Å². The monoisotopic (exact) mass is 247 g/mol. The van der Waals surface area contributed by atoms with Gasteiger partial charge in [-0.05, 0) is 24.6 Å². The minimum absolute atomic E-state index is 0.0376. The van der Waals surface area contributed by atoms with Gasteiger partial charge in [0.25, 0.3) is 0 Å². The number of aryl methyl sites for hydroxylation is 2. The van der Waals surface area contributed by atoms with E-state index in [0.717, 1.165) is 16.9 Å². The van der Waals surface area contributed by atoms with Crippen LogP contribution in [0.1, 0.15) is 11.3 Å². The van der Waals surface area contributed by atoms with Crippen LogP contribution in [0.25, 0.3) is 5.69 Å². The van der Waals surface area contributed by atoms with Crippen molar-refractivity contribution in [3.8, 4) is 5.69 Å². The lowest BCUT2D eigenvalue weighted by atomic mass is 10.2. The fraction of sp³-hybridized carbons (Fsp3) is 0.308. The summed E-state index contributed by atoms with van der Waals surface area (Å²) in [4.78, 5) is 16.8. The summed E-state index contributed by atoms with van der Waals surface area (Å²) in [5.41, 5.74) is 5.59. The Hall–Kier alpha value is -1.85. The van der Waals surface area contributed by atoms with Crippen LogP contribution in [0.3, 0.4) is 0 Å². The highest BCUT2D eigenvalue weighted by Crippen LogP contribution is 2.11. The van der Waals surface area contributed by atoms with E-state index >= 15 is 0 Å². The van der Waals surface area contributed by atoms with Crippen LogP contribution in [0.5, 0.6) is 0 Å². The summed E-state index contributed by atoms with van der Waals surface area (Å²) >= 11 is 0. The van der Waals surface area contributed by atoms with Crippen LogP contribution in [-0.4, -0.2) is 16.2 Å². The summed E-state index contributed by atoms with van der Waals surface area (Å²) in [6, 6.07) is 7.81. The van der Waals surface area contributed by atoms with E-state index < -0.39 is 0 Å². The van der Waals surface area contributed by atoms with E-state index in [2.05, 4.69) is 5.48 Å². The first kappa shape index (κ1) is 12.6. The molecule has 2 rings (SSSR count). The number of rotatable bonds is 4. The van der Waals surface area contributed by atoms with Crippen LogP contribution in [-0.2, 0) is 18.4 Å². The predicted molar refractivity (Wildman–Crippen MR) is 69.6 cm³/mol. The number of aromatic nitrogens is 2. The molecule has 0 unspecified atom stereocenters. The third kappa shape index (κ3) is 2.37. The zero-order chi connectivity index (χ0) is 13.1. The molecule has 1 aromatic heterocycles. The molecule has 2 aromatic rings. The molecule has 18 heavy (non-hydrogen) atoms. The molecule has 0 saturated carbocycles. The molecule has 0 bridgehead atoms. The number of imidazole rings is 1. The number of benzene rings is 1. The lowest BCUT2D eigenvalue weighted by Crippen LogP contribution is -2.21. The smallest absolute Gasteiger partial charge is 0.305 e. The third-order valence-corrected chi connectivity index (χ3v) is 2.82. The molecule has 1 N–H and O–H groups in total. The van der Waals surface area contributed by atoms with Crippen molar-refractivity contribution in [1.82, 2.24) is 14.6 Å². The molecule has 0 atom stereocenters. The van der Waals surface area contributed by atoms with Crippen molar-refractivity contribution in [2.75, 3.05) is 7.11 Å². The molecule has 1 aromatic carbocycles. The highest BCUT2D eigenvalue weighted by Gasteiger charge is 2.07. The maximum atomic E-state index is 12.0. The van der Waals surface area contributed by atoms with Gasteiger partial charge in [-0.2, -0.15) is 5.48 Å². The second kappa shape index (κ2) is 5.20. The van der Waals surface area contributed by atoms with Crippen LogP contribution in [0.2, 0.25) is 0 Å². The molecular weight excluding hydrogens is 230 g/mol. The Labute approximate surface area is 106 Å². The van der Waals surface area contributed by atoms with E-state index in [4.69, 9.17) is 4.84 Å². The largest absolute Gasteiger partial charge is 0.332 e. The molecule has 0 amide bonds. The van der Waals surface area contributed by atoms with Crippen LogP contribution >= 0.6 is 0 Å². The minimum atomic E-state index is -0.0376. The third-order valence-electron chi connectivity index (χ3n) is 2.82. The average molecular weight is 247 g/mol. The summed E-state index contributed by atoms with van der Waals surface area (Å²) in [6.07, 6.45) is 1.82. The number of hydroxylamine groups is 1. The Kier molecular flexibility index (Phi) is 3.64. The standard InChI is InChI=1S/C13H17N3O2/c1-10-9-15(2)13(17)16(10)12-6-4-5-11(7-12)8-14-18-3/h4-7,9,14H,8H2,1-3H3. The van der Waals surface area contributed by atoms with Gasteiger partial charge in [-0.1, -0.05) is 12.1 Å². The van der Waals surface area contributed by atoms with Crippen molar-refractivity contribution in [1.29, 1.82) is 0 Å². The maximum absolute atomic E-state index is 12.0. The number of hydrogen-bond acceptors (Lipinski definition) is 3. The topological polar surface area (TPSA) is 48.2 Å². The molecule has 0 fully saturated rings. The van der Waals surface area contributed by atoms with E-state index in [1.807, 2.05) is 37.4 Å². The Morgan fingerprint density at radius 1 is 1.39 bits per heavy atom. The summed E-state index contributed by atoms with van der Waals surface area (Å²) in [7, 11) is 3.33. The first-order valence-electron chi connectivity index (χ1n) is 5.73. The van der Waals surface area contributed by atoms with Crippen molar-refractivity contribution >= 4 is 0 Å². The lowest BCUT2D eigenvalue weighted by Gasteiger charge is -2.07. The molecule has 1 heterocycles. The fourth-order valence-corrected chi connectivity index (χ4v) is 1.98. The second-order valence-corrected chi connectivity index (χ2v) is 4.19. The van der Waals surface area contributed by atoms with E-state index in [1.165, 1.54) is 0 Å². The SMILES string of the molecule is CONCc1cccc(-n2c(C)cn(C)c2=O)c1. The number of hydrogen-bond donors (Lipinski definition) is 1. The average Bonchev–Trinajstić information content (AvgIpc) is 2.61. The van der Waals surface area contributed by atoms with Crippen LogP contribution in [0, 0.1) is 6.92 Å². The molecular formula is C13H17N3O2. The van der Waals surface area contributed by atoms with Crippen LogP contribution < -0.4 is 11.2 Å². The Bertz CT molecular complexity index is 599. The van der Waals surface area contributed by atoms with Gasteiger partial charge in [0, 0.05) is 25.5 Å². The fourth-order valence-electron chi connectivity index (χ4n) is 1.98. The predicted octanol–water partition coefficient (Wildman–Crippen LogP) is 1.14. The first-order chi connectivity index (χ1) is 8.63. The molecule has 96 valence electrons. The van der Waals surface area contributed by atoms with Crippen LogP contribution in [0.4, 0.5) is 0 Å². The molecule has 5 heteroatoms. The van der Waals surface area contributed by atoms with E-state index in [-0.39, 0.29) is 5.69 Å². The number of nitrogens with zero attached hydrogens (tertiary/aromatic N) is 2. The van der Waals surface area contributed by atoms with Crippen molar-refractivity contribution in [2.45, 2.75) is 13.5 Å². The zero-order valence-electron chi connectivity index (χ0n) is 10.8. The Morgan fingerprint density at radius 2 is 2.17 bits per heavy atom. The van der Waals surface area contributed by atoms with Gasteiger partial charge in [0.15, 0.2) is 0 Å². The minimum Gasteiger partial charge on any atom is -0.305 e. The van der Waals surface area contributed by atoms with Gasteiger partial charge in [-0.3, -0.25) is 4.57 Å². The number of nitrogens with one attached hydrogen (secondary N) is 1. The first-order valence-corrected chi connectivity index (χ1v) is 5.73. The van der Waals surface area contributed by atoms with Crippen LogP contribution in [0.15, 0.2) is 35.3 Å². The summed E-state index contributed by atoms with van der Waals surface area (Å²) in [5.74, 6) is 0. The molecule has 0 aliphatic carbocycles. The summed E-state index contributed by atoms with van der Waals surface area (Å²) < 4.78 is 3.27. The molecule has 0 spiro atoms. The van der Waals surface area contributed by atoms with E-state index in [9.17, 15) is 4.79 Å². The molecule has 0 aliphatic rings. The summed E-state index contributed by atoms with van der Waals surface area (Å²) in [5, 5.41) is 0. The lowest BCUT2D eigenvalue weighted by molar-refractivity contribution is 0.0867. The second-order valence-electron chi connectivity index (χ2n) is 4.19. The van der Waals surface area contributed by atoms with Crippen molar-refractivity contribution in [3.05, 3.63) is 52.2 Å².